The number of nitrogens with zero attached hydrogens (tertiary/aromatic N) is 1. The molecule has 0 radical (unpaired) electrons. The van der Waals surface area contributed by atoms with E-state index in [2.05, 4.69) is 65.1 Å². The fourth-order valence-corrected chi connectivity index (χ4v) is 3.26. The van der Waals surface area contributed by atoms with Crippen LogP contribution in [0.5, 0.6) is 0 Å². The van der Waals surface area contributed by atoms with Crippen molar-refractivity contribution in [1.82, 2.24) is 5.32 Å². The second-order valence-electron chi connectivity index (χ2n) is 5.71. The molecule has 1 N–H and O–H groups in total. The van der Waals surface area contributed by atoms with E-state index in [9.17, 15) is 0 Å². The molecule has 0 saturated carbocycles. The fraction of sp³-hybridized carbons (Fsp3) is 0.647. The molecule has 1 aromatic rings. The van der Waals surface area contributed by atoms with Crippen LogP contribution in [0.2, 0.25) is 0 Å². The van der Waals surface area contributed by atoms with Crippen LogP contribution >= 0.6 is 15.9 Å². The average Bonchev–Trinajstić information content (AvgIpc) is 2.52. The Balaban J connectivity index is 2.29. The second-order valence-corrected chi connectivity index (χ2v) is 6.63. The number of hydrogen-bond acceptors (Lipinski definition) is 3. The van der Waals surface area contributed by atoms with Gasteiger partial charge in [-0.1, -0.05) is 35.8 Å². The minimum atomic E-state index is 0.369. The molecule has 2 rings (SSSR count). The molecule has 21 heavy (non-hydrogen) atoms. The maximum atomic E-state index is 5.65. The summed E-state index contributed by atoms with van der Waals surface area (Å²) in [5.74, 6) is 0. The quantitative estimate of drug-likeness (QED) is 0.831. The number of benzene rings is 1. The van der Waals surface area contributed by atoms with Gasteiger partial charge in [-0.2, -0.15) is 0 Å². The lowest BCUT2D eigenvalue weighted by Gasteiger charge is -2.39. The highest BCUT2D eigenvalue weighted by atomic mass is 79.9. The summed E-state index contributed by atoms with van der Waals surface area (Å²) in [7, 11) is 0. The van der Waals surface area contributed by atoms with E-state index in [0.717, 1.165) is 43.6 Å². The van der Waals surface area contributed by atoms with Crippen LogP contribution in [0.15, 0.2) is 22.7 Å². The molecule has 0 aromatic heterocycles. The van der Waals surface area contributed by atoms with Crippen molar-refractivity contribution in [1.29, 1.82) is 0 Å². The maximum absolute atomic E-state index is 5.65. The van der Waals surface area contributed by atoms with E-state index >= 15 is 0 Å². The van der Waals surface area contributed by atoms with Gasteiger partial charge in [0.2, 0.25) is 0 Å². The van der Waals surface area contributed by atoms with Gasteiger partial charge in [-0.15, -0.1) is 0 Å². The Bertz CT molecular complexity index is 452. The van der Waals surface area contributed by atoms with Gasteiger partial charge < -0.3 is 15.0 Å². The van der Waals surface area contributed by atoms with E-state index < -0.39 is 0 Å². The molecule has 1 aliphatic rings. The summed E-state index contributed by atoms with van der Waals surface area (Å²) >= 11 is 3.63. The molecule has 4 heteroatoms. The van der Waals surface area contributed by atoms with Gasteiger partial charge in [0.25, 0.3) is 0 Å². The predicted molar refractivity (Wildman–Crippen MR) is 93.1 cm³/mol. The van der Waals surface area contributed by atoms with E-state index in [1.807, 2.05) is 0 Å². The first kappa shape index (κ1) is 16.8. The molecule has 1 aliphatic heterocycles. The summed E-state index contributed by atoms with van der Waals surface area (Å²) in [5.41, 5.74) is 2.72. The number of nitrogens with one attached hydrogen (secondary N) is 1. The second kappa shape index (κ2) is 8.16. The zero-order chi connectivity index (χ0) is 15.2. The molecular weight excluding hydrogens is 328 g/mol. The highest BCUT2D eigenvalue weighted by Gasteiger charge is 2.25. The summed E-state index contributed by atoms with van der Waals surface area (Å²) in [5, 5.41) is 3.61. The molecule has 1 aromatic carbocycles. The highest BCUT2D eigenvalue weighted by Crippen LogP contribution is 2.32. The first-order valence-electron chi connectivity index (χ1n) is 8.04. The van der Waals surface area contributed by atoms with E-state index in [0.29, 0.717) is 12.1 Å². The van der Waals surface area contributed by atoms with Crippen molar-refractivity contribution >= 4 is 21.6 Å². The van der Waals surface area contributed by atoms with Crippen molar-refractivity contribution in [3.8, 4) is 0 Å². The number of halogens is 1. The first-order valence-corrected chi connectivity index (χ1v) is 8.83. The SMILES string of the molecule is CCCNC(C)c1ccc(Br)cc1N1CCOCC1CC. The summed E-state index contributed by atoms with van der Waals surface area (Å²) in [6.07, 6.45) is 2.27. The fourth-order valence-electron chi connectivity index (χ4n) is 2.91. The number of anilines is 1. The molecule has 0 aliphatic carbocycles. The molecule has 1 heterocycles. The van der Waals surface area contributed by atoms with Gasteiger partial charge in [-0.25, -0.2) is 0 Å². The van der Waals surface area contributed by atoms with Gasteiger partial charge >= 0.3 is 0 Å². The topological polar surface area (TPSA) is 24.5 Å². The molecule has 0 bridgehead atoms. The lowest BCUT2D eigenvalue weighted by atomic mass is 10.0. The Morgan fingerprint density at radius 3 is 2.95 bits per heavy atom. The third kappa shape index (κ3) is 4.21. The summed E-state index contributed by atoms with van der Waals surface area (Å²) in [4.78, 5) is 2.52. The van der Waals surface area contributed by atoms with Gasteiger partial charge in [-0.05, 0) is 44.0 Å². The monoisotopic (exact) mass is 354 g/mol. The van der Waals surface area contributed by atoms with Crippen LogP contribution in [0.4, 0.5) is 5.69 Å². The normalized spacial score (nSPS) is 20.6. The number of ether oxygens (including phenoxy) is 1. The Morgan fingerprint density at radius 2 is 2.24 bits per heavy atom. The zero-order valence-corrected chi connectivity index (χ0v) is 14.9. The van der Waals surface area contributed by atoms with Crippen LogP contribution in [-0.2, 0) is 4.74 Å². The zero-order valence-electron chi connectivity index (χ0n) is 13.4. The minimum absolute atomic E-state index is 0.369. The van der Waals surface area contributed by atoms with Gasteiger partial charge in [0.15, 0.2) is 0 Å². The van der Waals surface area contributed by atoms with Gasteiger partial charge in [-0.3, -0.25) is 0 Å². The molecule has 1 fully saturated rings. The standard InChI is InChI=1S/C17H27BrN2O/c1-4-8-19-13(3)16-7-6-14(18)11-17(16)20-9-10-21-12-15(20)5-2/h6-7,11,13,15,19H,4-5,8-10,12H2,1-3H3. The van der Waals surface area contributed by atoms with Gasteiger partial charge in [0.05, 0.1) is 19.3 Å². The summed E-state index contributed by atoms with van der Waals surface area (Å²) in [6, 6.07) is 7.49. The molecule has 0 amide bonds. The molecular formula is C17H27BrN2O. The third-order valence-corrected chi connectivity index (χ3v) is 4.66. The number of rotatable bonds is 6. The van der Waals surface area contributed by atoms with Crippen molar-refractivity contribution in [2.75, 3.05) is 31.2 Å². The van der Waals surface area contributed by atoms with Gasteiger partial charge in [0, 0.05) is 22.7 Å². The average molecular weight is 355 g/mol. The Kier molecular flexibility index (Phi) is 6.52. The van der Waals surface area contributed by atoms with Crippen molar-refractivity contribution in [2.24, 2.45) is 0 Å². The largest absolute Gasteiger partial charge is 0.377 e. The predicted octanol–water partition coefficient (Wildman–Crippen LogP) is 4.12. The van der Waals surface area contributed by atoms with E-state index in [1.54, 1.807) is 0 Å². The van der Waals surface area contributed by atoms with Crippen LogP contribution in [0, 0.1) is 0 Å². The molecule has 3 nitrogen and oxygen atoms in total. The van der Waals surface area contributed by atoms with Crippen molar-refractivity contribution < 1.29 is 4.74 Å². The molecule has 118 valence electrons. The first-order chi connectivity index (χ1) is 10.2. The summed E-state index contributed by atoms with van der Waals surface area (Å²) < 4.78 is 6.79. The lowest BCUT2D eigenvalue weighted by Crippen LogP contribution is -2.46. The maximum Gasteiger partial charge on any atom is 0.0670 e. The number of hydrogen-bond donors (Lipinski definition) is 1. The van der Waals surface area contributed by atoms with Crippen molar-refractivity contribution in [3.05, 3.63) is 28.2 Å². The van der Waals surface area contributed by atoms with Crippen molar-refractivity contribution in [2.45, 2.75) is 45.7 Å². The molecule has 2 atom stereocenters. The van der Waals surface area contributed by atoms with E-state index in [1.165, 1.54) is 11.3 Å². The lowest BCUT2D eigenvalue weighted by molar-refractivity contribution is 0.0928. The third-order valence-electron chi connectivity index (χ3n) is 4.17. The number of morpholine rings is 1. The minimum Gasteiger partial charge on any atom is -0.377 e. The molecule has 0 spiro atoms. The van der Waals surface area contributed by atoms with E-state index in [-0.39, 0.29) is 0 Å². The van der Waals surface area contributed by atoms with Crippen LogP contribution < -0.4 is 10.2 Å². The highest BCUT2D eigenvalue weighted by molar-refractivity contribution is 9.10. The van der Waals surface area contributed by atoms with Crippen LogP contribution in [0.3, 0.4) is 0 Å². The van der Waals surface area contributed by atoms with E-state index in [4.69, 9.17) is 4.74 Å². The Hall–Kier alpha value is -0.580. The Morgan fingerprint density at radius 1 is 1.43 bits per heavy atom. The smallest absolute Gasteiger partial charge is 0.0670 e. The summed E-state index contributed by atoms with van der Waals surface area (Å²) in [6.45, 7) is 10.4. The Labute approximate surface area is 137 Å². The van der Waals surface area contributed by atoms with Crippen LogP contribution in [-0.4, -0.2) is 32.3 Å². The van der Waals surface area contributed by atoms with Crippen molar-refractivity contribution in [3.63, 3.8) is 0 Å². The molecule has 1 saturated heterocycles. The van der Waals surface area contributed by atoms with Crippen LogP contribution in [0.25, 0.3) is 0 Å². The van der Waals surface area contributed by atoms with Crippen LogP contribution in [0.1, 0.15) is 45.2 Å². The van der Waals surface area contributed by atoms with Gasteiger partial charge in [0.1, 0.15) is 0 Å². The molecule has 2 unspecified atom stereocenters.